The zero-order valence-corrected chi connectivity index (χ0v) is 15.3. The van der Waals surface area contributed by atoms with E-state index in [-0.39, 0.29) is 5.91 Å². The molecular formula is C18H28N6O. The lowest BCUT2D eigenvalue weighted by Crippen LogP contribution is -2.52. The van der Waals surface area contributed by atoms with E-state index in [1.54, 1.807) is 0 Å². The molecule has 1 atom stereocenters. The van der Waals surface area contributed by atoms with Gasteiger partial charge in [0.15, 0.2) is 0 Å². The molecule has 1 amide bonds. The fraction of sp³-hybridized carbons (Fsp3) is 0.778. The molecule has 0 spiro atoms. The van der Waals surface area contributed by atoms with Gasteiger partial charge in [-0.2, -0.15) is 10.4 Å². The van der Waals surface area contributed by atoms with E-state index in [1.807, 2.05) is 18.5 Å². The molecule has 7 heteroatoms. The van der Waals surface area contributed by atoms with Crippen LogP contribution in [0, 0.1) is 25.2 Å². The SMILES string of the molecule is Cc1nc(C)n(CC2CCCN2CC(=O)NC2(C#N)CCCCC2)n1. The van der Waals surface area contributed by atoms with Gasteiger partial charge in [0.25, 0.3) is 0 Å². The van der Waals surface area contributed by atoms with Gasteiger partial charge in [-0.15, -0.1) is 0 Å². The molecule has 0 bridgehead atoms. The molecule has 1 saturated carbocycles. The Hall–Kier alpha value is -1.94. The Balaban J connectivity index is 1.58. The Morgan fingerprint density at radius 2 is 2.08 bits per heavy atom. The number of aryl methyl sites for hydroxylation is 2. The number of nitrogens with one attached hydrogen (secondary N) is 1. The van der Waals surface area contributed by atoms with Crippen LogP contribution in [0.1, 0.15) is 56.6 Å². The van der Waals surface area contributed by atoms with Crippen molar-refractivity contribution in [3.63, 3.8) is 0 Å². The van der Waals surface area contributed by atoms with Crippen molar-refractivity contribution in [1.29, 1.82) is 5.26 Å². The van der Waals surface area contributed by atoms with Crippen LogP contribution in [0.2, 0.25) is 0 Å². The molecule has 1 saturated heterocycles. The summed E-state index contributed by atoms with van der Waals surface area (Å²) in [5.74, 6) is 1.68. The minimum Gasteiger partial charge on any atom is -0.337 e. The highest BCUT2D eigenvalue weighted by Gasteiger charge is 2.35. The van der Waals surface area contributed by atoms with Gasteiger partial charge in [-0.3, -0.25) is 9.69 Å². The van der Waals surface area contributed by atoms with Gasteiger partial charge < -0.3 is 5.32 Å². The Bertz CT molecular complexity index is 655. The van der Waals surface area contributed by atoms with Crippen molar-refractivity contribution in [2.45, 2.75) is 76.9 Å². The number of carbonyl (C=O) groups is 1. The summed E-state index contributed by atoms with van der Waals surface area (Å²) in [4.78, 5) is 19.1. The average Bonchev–Trinajstić information content (AvgIpc) is 3.14. The minimum absolute atomic E-state index is 0.0261. The van der Waals surface area contributed by atoms with Gasteiger partial charge in [-0.25, -0.2) is 9.67 Å². The molecule has 2 aliphatic rings. The molecule has 1 aromatic heterocycles. The van der Waals surface area contributed by atoms with E-state index in [4.69, 9.17) is 0 Å². The molecule has 1 aromatic rings. The monoisotopic (exact) mass is 344 g/mol. The third-order valence-electron chi connectivity index (χ3n) is 5.49. The fourth-order valence-electron chi connectivity index (χ4n) is 4.15. The van der Waals surface area contributed by atoms with Crippen LogP contribution in [0.15, 0.2) is 0 Å². The normalized spacial score (nSPS) is 23.3. The minimum atomic E-state index is -0.649. The zero-order valence-electron chi connectivity index (χ0n) is 15.3. The number of hydrogen-bond acceptors (Lipinski definition) is 5. The van der Waals surface area contributed by atoms with Crippen LogP contribution in [0.4, 0.5) is 0 Å². The maximum Gasteiger partial charge on any atom is 0.235 e. The summed E-state index contributed by atoms with van der Waals surface area (Å²) in [5.41, 5.74) is -0.649. The molecule has 2 fully saturated rings. The summed E-state index contributed by atoms with van der Waals surface area (Å²) in [6.07, 6.45) is 6.90. The maximum atomic E-state index is 12.6. The first-order valence-electron chi connectivity index (χ1n) is 9.36. The Kier molecular flexibility index (Phi) is 5.38. The van der Waals surface area contributed by atoms with Crippen LogP contribution in [-0.2, 0) is 11.3 Å². The highest BCUT2D eigenvalue weighted by Crippen LogP contribution is 2.27. The molecule has 7 nitrogen and oxygen atoms in total. The number of carbonyl (C=O) groups excluding carboxylic acids is 1. The molecule has 1 N–H and O–H groups in total. The van der Waals surface area contributed by atoms with Crippen molar-refractivity contribution in [1.82, 2.24) is 25.0 Å². The van der Waals surface area contributed by atoms with E-state index in [2.05, 4.69) is 26.4 Å². The van der Waals surface area contributed by atoms with Crippen LogP contribution in [-0.4, -0.2) is 50.2 Å². The molecule has 1 aliphatic carbocycles. The molecular weight excluding hydrogens is 316 g/mol. The van der Waals surface area contributed by atoms with Crippen LogP contribution >= 0.6 is 0 Å². The summed E-state index contributed by atoms with van der Waals surface area (Å²) in [6.45, 7) is 5.91. The van der Waals surface area contributed by atoms with E-state index < -0.39 is 5.54 Å². The number of likely N-dealkylation sites (tertiary alicyclic amines) is 1. The fourth-order valence-corrected chi connectivity index (χ4v) is 4.15. The molecule has 3 rings (SSSR count). The summed E-state index contributed by atoms with van der Waals surface area (Å²) in [7, 11) is 0. The Morgan fingerprint density at radius 1 is 1.32 bits per heavy atom. The van der Waals surface area contributed by atoms with E-state index in [0.29, 0.717) is 12.6 Å². The standard InChI is InChI=1S/C18H28N6O/c1-14-20-15(2)24(22-14)11-16-7-6-10-23(16)12-17(25)21-18(13-19)8-4-3-5-9-18/h16H,3-12H2,1-2H3,(H,21,25). The number of aromatic nitrogens is 3. The third kappa shape index (κ3) is 4.18. The molecule has 136 valence electrons. The molecule has 1 unspecified atom stereocenters. The summed E-state index contributed by atoms with van der Waals surface area (Å²) < 4.78 is 1.94. The van der Waals surface area contributed by atoms with Crippen LogP contribution < -0.4 is 5.32 Å². The van der Waals surface area contributed by atoms with Gasteiger partial charge in [0.2, 0.25) is 5.91 Å². The quantitative estimate of drug-likeness (QED) is 0.878. The predicted molar refractivity (Wildman–Crippen MR) is 93.7 cm³/mol. The van der Waals surface area contributed by atoms with Gasteiger partial charge >= 0.3 is 0 Å². The molecule has 25 heavy (non-hydrogen) atoms. The third-order valence-corrected chi connectivity index (χ3v) is 5.49. The van der Waals surface area contributed by atoms with Crippen LogP contribution in [0.5, 0.6) is 0 Å². The van der Waals surface area contributed by atoms with Gasteiger partial charge in [0.1, 0.15) is 17.2 Å². The predicted octanol–water partition coefficient (Wildman–Crippen LogP) is 1.70. The van der Waals surface area contributed by atoms with Crippen molar-refractivity contribution < 1.29 is 4.79 Å². The van der Waals surface area contributed by atoms with Crippen molar-refractivity contribution in [3.05, 3.63) is 11.6 Å². The van der Waals surface area contributed by atoms with Crippen LogP contribution in [0.25, 0.3) is 0 Å². The number of hydrogen-bond donors (Lipinski definition) is 1. The summed E-state index contributed by atoms with van der Waals surface area (Å²) >= 11 is 0. The van der Waals surface area contributed by atoms with E-state index in [9.17, 15) is 10.1 Å². The number of amides is 1. The zero-order chi connectivity index (χ0) is 17.9. The Labute approximate surface area is 149 Å². The lowest BCUT2D eigenvalue weighted by Gasteiger charge is -2.33. The van der Waals surface area contributed by atoms with Crippen molar-refractivity contribution in [3.8, 4) is 6.07 Å². The Morgan fingerprint density at radius 3 is 2.72 bits per heavy atom. The van der Waals surface area contributed by atoms with Crippen molar-refractivity contribution >= 4 is 5.91 Å². The van der Waals surface area contributed by atoms with E-state index in [0.717, 1.165) is 69.7 Å². The summed E-state index contributed by atoms with van der Waals surface area (Å²) in [5, 5.41) is 17.0. The highest BCUT2D eigenvalue weighted by atomic mass is 16.2. The second kappa shape index (κ2) is 7.52. The van der Waals surface area contributed by atoms with E-state index >= 15 is 0 Å². The molecule has 0 radical (unpaired) electrons. The van der Waals surface area contributed by atoms with Crippen molar-refractivity contribution in [2.75, 3.05) is 13.1 Å². The largest absolute Gasteiger partial charge is 0.337 e. The van der Waals surface area contributed by atoms with Crippen LogP contribution in [0.3, 0.4) is 0 Å². The smallest absolute Gasteiger partial charge is 0.235 e. The number of nitrogens with zero attached hydrogens (tertiary/aromatic N) is 5. The second-order valence-electron chi connectivity index (χ2n) is 7.46. The van der Waals surface area contributed by atoms with Gasteiger partial charge in [0, 0.05) is 6.04 Å². The van der Waals surface area contributed by atoms with Crippen molar-refractivity contribution in [2.24, 2.45) is 0 Å². The molecule has 1 aliphatic heterocycles. The first kappa shape index (κ1) is 17.9. The van der Waals surface area contributed by atoms with Gasteiger partial charge in [-0.05, 0) is 46.1 Å². The average molecular weight is 344 g/mol. The lowest BCUT2D eigenvalue weighted by molar-refractivity contribution is -0.124. The molecule has 0 aromatic carbocycles. The highest BCUT2D eigenvalue weighted by molar-refractivity contribution is 5.79. The summed E-state index contributed by atoms with van der Waals surface area (Å²) in [6, 6.07) is 2.66. The van der Waals surface area contributed by atoms with Gasteiger partial charge in [0.05, 0.1) is 19.2 Å². The lowest BCUT2D eigenvalue weighted by atomic mass is 9.83. The first-order valence-corrected chi connectivity index (χ1v) is 9.36. The number of nitriles is 1. The molecule has 2 heterocycles. The van der Waals surface area contributed by atoms with Gasteiger partial charge in [-0.1, -0.05) is 19.3 Å². The number of rotatable bonds is 5. The maximum absolute atomic E-state index is 12.6. The van der Waals surface area contributed by atoms with E-state index in [1.165, 1.54) is 0 Å². The topological polar surface area (TPSA) is 86.8 Å². The second-order valence-corrected chi connectivity index (χ2v) is 7.46. The first-order chi connectivity index (χ1) is 12.0.